The molecule has 0 aliphatic heterocycles. The Morgan fingerprint density at radius 2 is 1.43 bits per heavy atom. The van der Waals surface area contributed by atoms with E-state index in [0.29, 0.717) is 6.42 Å². The number of rotatable bonds is 15. The molecule has 6 heteroatoms. The highest BCUT2D eigenvalue weighted by atomic mass is 16.4. The second kappa shape index (κ2) is 14.0. The van der Waals surface area contributed by atoms with Crippen molar-refractivity contribution in [2.75, 3.05) is 0 Å². The maximum absolute atomic E-state index is 11.8. The molecule has 23 heavy (non-hydrogen) atoms. The molecule has 3 N–H and O–H groups in total. The van der Waals surface area contributed by atoms with Crippen molar-refractivity contribution in [2.45, 2.75) is 90.0 Å². The predicted octanol–water partition coefficient (Wildman–Crippen LogP) is 3.34. The Balaban J connectivity index is 3.89. The lowest BCUT2D eigenvalue weighted by Gasteiger charge is -2.13. The van der Waals surface area contributed by atoms with E-state index in [1.807, 2.05) is 0 Å². The van der Waals surface area contributed by atoms with Gasteiger partial charge in [0.2, 0.25) is 5.91 Å². The van der Waals surface area contributed by atoms with Crippen molar-refractivity contribution in [2.24, 2.45) is 0 Å². The second-order valence-corrected chi connectivity index (χ2v) is 5.80. The van der Waals surface area contributed by atoms with Gasteiger partial charge in [-0.1, -0.05) is 58.3 Å². The number of hydrogen-bond acceptors (Lipinski definition) is 3. The van der Waals surface area contributed by atoms with E-state index in [-0.39, 0.29) is 6.42 Å². The highest BCUT2D eigenvalue weighted by molar-refractivity contribution is 5.83. The first-order valence-electron chi connectivity index (χ1n) is 9.08. The van der Waals surface area contributed by atoms with Crippen LogP contribution in [0.15, 0.2) is 0 Å². The Hall–Kier alpha value is -1.59. The molecule has 1 amide bonds. The number of carboxylic acids is 2. The van der Waals surface area contributed by atoms with E-state index in [1.54, 1.807) is 0 Å². The lowest BCUT2D eigenvalue weighted by molar-refractivity contribution is -0.143. The molecule has 0 aromatic heterocycles. The van der Waals surface area contributed by atoms with Crippen LogP contribution >= 0.6 is 0 Å². The molecule has 0 bridgehead atoms. The molecule has 1 atom stereocenters. The van der Waals surface area contributed by atoms with Gasteiger partial charge in [-0.2, -0.15) is 0 Å². The third kappa shape index (κ3) is 13.8. The van der Waals surface area contributed by atoms with Crippen molar-refractivity contribution < 1.29 is 26.0 Å². The number of unbranched alkanes of at least 4 members (excludes halogenated alkanes) is 8. The van der Waals surface area contributed by atoms with Crippen LogP contribution in [-0.4, -0.2) is 34.1 Å². The Morgan fingerprint density at radius 1 is 0.913 bits per heavy atom. The zero-order chi connectivity index (χ0) is 18.4. The van der Waals surface area contributed by atoms with Crippen LogP contribution in [-0.2, 0) is 14.4 Å². The Labute approximate surface area is 140 Å². The van der Waals surface area contributed by atoms with Gasteiger partial charge in [0.1, 0.15) is 6.02 Å². The van der Waals surface area contributed by atoms with E-state index in [0.717, 1.165) is 19.3 Å². The van der Waals surface area contributed by atoms with Crippen LogP contribution in [0.25, 0.3) is 0 Å². The van der Waals surface area contributed by atoms with Gasteiger partial charge in [-0.15, -0.1) is 0 Å². The summed E-state index contributed by atoms with van der Waals surface area (Å²) in [6.07, 6.45) is 9.20. The molecule has 6 nitrogen and oxygen atoms in total. The summed E-state index contributed by atoms with van der Waals surface area (Å²) in [4.78, 5) is 33.4. The third-order valence-electron chi connectivity index (χ3n) is 3.64. The Kier molecular flexibility index (Phi) is 11.9. The van der Waals surface area contributed by atoms with Crippen LogP contribution in [0.4, 0.5) is 0 Å². The maximum Gasteiger partial charge on any atom is 0.326 e. The molecule has 0 spiro atoms. The lowest BCUT2D eigenvalue weighted by Crippen LogP contribution is -2.41. The van der Waals surface area contributed by atoms with Crippen LogP contribution in [0.5, 0.6) is 0 Å². The SMILES string of the molecule is [3H][C@@](CCC(=O)O)(NC(=O)CCCCCCCCCCC)C(=O)O. The van der Waals surface area contributed by atoms with Gasteiger partial charge >= 0.3 is 11.9 Å². The fourth-order valence-electron chi connectivity index (χ4n) is 2.28. The van der Waals surface area contributed by atoms with Crippen molar-refractivity contribution in [3.8, 4) is 0 Å². The summed E-state index contributed by atoms with van der Waals surface area (Å²) in [7, 11) is 0. The van der Waals surface area contributed by atoms with Gasteiger partial charge < -0.3 is 15.5 Å². The van der Waals surface area contributed by atoms with Crippen molar-refractivity contribution in [1.29, 1.82) is 0 Å². The van der Waals surface area contributed by atoms with E-state index in [9.17, 15) is 14.4 Å². The van der Waals surface area contributed by atoms with Crippen molar-refractivity contribution in [3.63, 3.8) is 0 Å². The number of carbonyl (C=O) groups is 3. The van der Waals surface area contributed by atoms with Gasteiger partial charge in [-0.25, -0.2) is 4.79 Å². The fourth-order valence-corrected chi connectivity index (χ4v) is 2.28. The predicted molar refractivity (Wildman–Crippen MR) is 88.3 cm³/mol. The molecule has 0 unspecified atom stereocenters. The highest BCUT2D eigenvalue weighted by Crippen LogP contribution is 2.10. The number of carbonyl (C=O) groups excluding carboxylic acids is 1. The minimum absolute atomic E-state index is 0.164. The van der Waals surface area contributed by atoms with Crippen LogP contribution in [0.2, 0.25) is 0 Å². The van der Waals surface area contributed by atoms with Crippen molar-refractivity contribution in [1.82, 2.24) is 5.32 Å². The van der Waals surface area contributed by atoms with Gasteiger partial charge in [0.15, 0.2) is 0 Å². The largest absolute Gasteiger partial charge is 0.481 e. The summed E-state index contributed by atoms with van der Waals surface area (Å²) in [6.45, 7) is 2.18. The first-order valence-corrected chi connectivity index (χ1v) is 8.58. The minimum Gasteiger partial charge on any atom is -0.481 e. The molecule has 0 aliphatic carbocycles. The summed E-state index contributed by atoms with van der Waals surface area (Å²) in [5, 5.41) is 19.8. The fraction of sp³-hybridized carbons (Fsp3) is 0.824. The van der Waals surface area contributed by atoms with E-state index < -0.39 is 36.7 Å². The molecule has 134 valence electrons. The van der Waals surface area contributed by atoms with Crippen molar-refractivity contribution in [3.05, 3.63) is 0 Å². The van der Waals surface area contributed by atoms with Crippen molar-refractivity contribution >= 4 is 17.8 Å². The third-order valence-corrected chi connectivity index (χ3v) is 3.64. The normalized spacial score (nSPS) is 13.9. The van der Waals surface area contributed by atoms with E-state index in [4.69, 9.17) is 11.6 Å². The summed E-state index contributed by atoms with van der Waals surface area (Å²) < 4.78 is 7.73. The van der Waals surface area contributed by atoms with Gasteiger partial charge in [-0.05, 0) is 12.8 Å². The summed E-state index contributed by atoms with van der Waals surface area (Å²) in [5.74, 6) is -3.24. The maximum atomic E-state index is 11.8. The highest BCUT2D eigenvalue weighted by Gasteiger charge is 2.20. The van der Waals surface area contributed by atoms with Crippen LogP contribution in [0, 0.1) is 0 Å². The molecule has 0 rings (SSSR count). The average Bonchev–Trinajstić information content (AvgIpc) is 2.51. The summed E-state index contributed by atoms with van der Waals surface area (Å²) >= 11 is 0. The van der Waals surface area contributed by atoms with E-state index >= 15 is 0 Å². The number of carboxylic acid groups (broad SMARTS) is 2. The lowest BCUT2D eigenvalue weighted by atomic mass is 10.1. The van der Waals surface area contributed by atoms with Gasteiger partial charge in [0.05, 0.1) is 1.37 Å². The number of amides is 1. The topological polar surface area (TPSA) is 104 Å². The molecule has 0 heterocycles. The Morgan fingerprint density at radius 3 is 1.91 bits per heavy atom. The van der Waals surface area contributed by atoms with Crippen LogP contribution < -0.4 is 5.32 Å². The molecule has 0 aliphatic rings. The van der Waals surface area contributed by atoms with Gasteiger partial charge in [0.25, 0.3) is 0 Å². The monoisotopic (exact) mass is 331 g/mol. The smallest absolute Gasteiger partial charge is 0.326 e. The number of nitrogens with one attached hydrogen (secondary N) is 1. The molecule has 0 saturated carbocycles. The molecular formula is C17H31NO5. The zero-order valence-corrected chi connectivity index (χ0v) is 14.1. The first kappa shape index (κ1) is 19.5. The van der Waals surface area contributed by atoms with E-state index in [1.165, 1.54) is 32.1 Å². The van der Waals surface area contributed by atoms with Crippen LogP contribution in [0.3, 0.4) is 0 Å². The molecule has 0 saturated heterocycles. The molecule has 0 aromatic rings. The standard InChI is InChI=1S/C17H31NO5/c1-2-3-4-5-6-7-8-9-10-11-15(19)18-14(17(22)23)12-13-16(20)21/h14H,2-13H2,1H3,(H,18,19)(H,20,21)(H,22,23)/t14-/m0/s1/i14T. The molecule has 0 fully saturated rings. The molecule has 0 aromatic carbocycles. The zero-order valence-electron chi connectivity index (χ0n) is 15.1. The average molecular weight is 331 g/mol. The molecule has 0 radical (unpaired) electrons. The van der Waals surface area contributed by atoms with Gasteiger partial charge in [0, 0.05) is 12.8 Å². The number of hydrogen-bond donors (Lipinski definition) is 3. The van der Waals surface area contributed by atoms with Gasteiger partial charge in [-0.3, -0.25) is 9.59 Å². The minimum atomic E-state index is -2.27. The second-order valence-electron chi connectivity index (χ2n) is 5.80. The first-order chi connectivity index (χ1) is 11.3. The summed E-state index contributed by atoms with van der Waals surface area (Å²) in [6, 6.07) is -2.27. The Bertz CT molecular complexity index is 402. The number of aliphatic carboxylic acids is 2. The molecular weight excluding hydrogens is 298 g/mol. The summed E-state index contributed by atoms with van der Waals surface area (Å²) in [5.41, 5.74) is 0. The van der Waals surface area contributed by atoms with E-state index in [2.05, 4.69) is 12.2 Å². The quantitative estimate of drug-likeness (QED) is 0.399. The van der Waals surface area contributed by atoms with Crippen LogP contribution in [0.1, 0.15) is 85.3 Å².